The lowest BCUT2D eigenvalue weighted by Gasteiger charge is -2.08. The van der Waals surface area contributed by atoms with Crippen molar-refractivity contribution in [2.75, 3.05) is 13.1 Å². The van der Waals surface area contributed by atoms with Gasteiger partial charge >= 0.3 is 5.97 Å². The third-order valence-corrected chi connectivity index (χ3v) is 3.93. The van der Waals surface area contributed by atoms with E-state index in [4.69, 9.17) is 4.74 Å². The second-order valence-corrected chi connectivity index (χ2v) is 6.30. The zero-order valence-corrected chi connectivity index (χ0v) is 15.9. The van der Waals surface area contributed by atoms with Crippen molar-refractivity contribution in [1.29, 1.82) is 0 Å². The summed E-state index contributed by atoms with van der Waals surface area (Å²) in [6.07, 6.45) is 2.15. The van der Waals surface area contributed by atoms with Crippen molar-refractivity contribution in [2.24, 2.45) is 7.05 Å². The molecule has 0 unspecified atom stereocenters. The van der Waals surface area contributed by atoms with Crippen molar-refractivity contribution in [3.8, 4) is 0 Å². The van der Waals surface area contributed by atoms with Gasteiger partial charge in [-0.3, -0.25) is 14.4 Å². The number of hydrogen-bond donors (Lipinski definition) is 2. The molecule has 1 aromatic carbocycles. The molecule has 2 amide bonds. The van der Waals surface area contributed by atoms with Crippen LogP contribution >= 0.6 is 0 Å². The van der Waals surface area contributed by atoms with E-state index in [9.17, 15) is 14.4 Å². The highest BCUT2D eigenvalue weighted by Gasteiger charge is 2.12. The SMILES string of the molecule is CCNC(=O)Cc1ccc(COC(=O)CNC(=O)c2cc(C)cn2C)cc1. The average molecular weight is 371 g/mol. The van der Waals surface area contributed by atoms with E-state index < -0.39 is 5.97 Å². The monoisotopic (exact) mass is 371 g/mol. The fourth-order valence-corrected chi connectivity index (χ4v) is 2.61. The van der Waals surface area contributed by atoms with Crippen LogP contribution in [0.2, 0.25) is 0 Å². The Hall–Kier alpha value is -3.09. The number of aromatic nitrogens is 1. The summed E-state index contributed by atoms with van der Waals surface area (Å²) in [5.74, 6) is -0.862. The van der Waals surface area contributed by atoms with Gasteiger partial charge in [-0.25, -0.2) is 0 Å². The predicted molar refractivity (Wildman–Crippen MR) is 101 cm³/mol. The molecule has 0 saturated carbocycles. The van der Waals surface area contributed by atoms with Crippen molar-refractivity contribution < 1.29 is 19.1 Å². The third kappa shape index (κ3) is 6.29. The van der Waals surface area contributed by atoms with Gasteiger partial charge in [-0.15, -0.1) is 0 Å². The van der Waals surface area contributed by atoms with Gasteiger partial charge in [0.25, 0.3) is 5.91 Å². The zero-order valence-electron chi connectivity index (χ0n) is 15.9. The highest BCUT2D eigenvalue weighted by molar-refractivity contribution is 5.94. The largest absolute Gasteiger partial charge is 0.460 e. The van der Waals surface area contributed by atoms with Gasteiger partial charge in [-0.05, 0) is 36.6 Å². The van der Waals surface area contributed by atoms with Gasteiger partial charge in [0.15, 0.2) is 0 Å². The fraction of sp³-hybridized carbons (Fsp3) is 0.350. The molecule has 0 aliphatic heterocycles. The number of carbonyl (C=O) groups excluding carboxylic acids is 3. The second kappa shape index (κ2) is 9.56. The van der Waals surface area contributed by atoms with Gasteiger partial charge < -0.3 is 19.9 Å². The molecule has 27 heavy (non-hydrogen) atoms. The van der Waals surface area contributed by atoms with E-state index in [-0.39, 0.29) is 25.0 Å². The lowest BCUT2D eigenvalue weighted by Crippen LogP contribution is -2.31. The molecule has 7 heteroatoms. The first kappa shape index (κ1) is 20.2. The average Bonchev–Trinajstić information content (AvgIpc) is 2.97. The summed E-state index contributed by atoms with van der Waals surface area (Å²) in [4.78, 5) is 35.4. The van der Waals surface area contributed by atoms with E-state index >= 15 is 0 Å². The highest BCUT2D eigenvalue weighted by Crippen LogP contribution is 2.07. The first-order valence-electron chi connectivity index (χ1n) is 8.80. The topological polar surface area (TPSA) is 89.4 Å². The van der Waals surface area contributed by atoms with Crippen LogP contribution in [0.5, 0.6) is 0 Å². The van der Waals surface area contributed by atoms with Crippen LogP contribution in [-0.4, -0.2) is 35.4 Å². The van der Waals surface area contributed by atoms with E-state index in [2.05, 4.69) is 10.6 Å². The maximum atomic E-state index is 12.1. The lowest BCUT2D eigenvalue weighted by atomic mass is 10.1. The number of hydrogen-bond acceptors (Lipinski definition) is 4. The number of amides is 2. The number of nitrogens with one attached hydrogen (secondary N) is 2. The first-order chi connectivity index (χ1) is 12.9. The molecule has 0 saturated heterocycles. The normalized spacial score (nSPS) is 10.3. The number of nitrogens with zero attached hydrogens (tertiary/aromatic N) is 1. The third-order valence-electron chi connectivity index (χ3n) is 3.93. The summed E-state index contributed by atoms with van der Waals surface area (Å²) in [7, 11) is 1.77. The highest BCUT2D eigenvalue weighted by atomic mass is 16.5. The first-order valence-corrected chi connectivity index (χ1v) is 8.80. The number of esters is 1. The van der Waals surface area contributed by atoms with Crippen molar-refractivity contribution in [3.05, 3.63) is 58.9 Å². The molecule has 2 aromatic rings. The molecular weight excluding hydrogens is 346 g/mol. The minimum atomic E-state index is -0.513. The molecule has 0 radical (unpaired) electrons. The predicted octanol–water partition coefficient (Wildman–Crippen LogP) is 1.49. The Balaban J connectivity index is 1.76. The Morgan fingerprint density at radius 1 is 1.07 bits per heavy atom. The molecule has 0 spiro atoms. The maximum Gasteiger partial charge on any atom is 0.325 e. The van der Waals surface area contributed by atoms with Gasteiger partial charge in [0, 0.05) is 19.8 Å². The molecule has 0 aliphatic rings. The summed E-state index contributed by atoms with van der Waals surface area (Å²) in [5.41, 5.74) is 3.16. The molecule has 0 atom stereocenters. The number of likely N-dealkylation sites (N-methyl/N-ethyl adjacent to an activating group) is 1. The standard InChI is InChI=1S/C20H25N3O4/c1-4-21-18(24)10-15-5-7-16(8-6-15)13-27-19(25)11-22-20(26)17-9-14(2)12-23(17)3/h5-9,12H,4,10-11,13H2,1-3H3,(H,21,24)(H,22,26). The van der Waals surface area contributed by atoms with E-state index in [0.29, 0.717) is 18.7 Å². The molecule has 1 aromatic heterocycles. The molecule has 2 N–H and O–H groups in total. The number of benzene rings is 1. The summed E-state index contributed by atoms with van der Waals surface area (Å²) in [5, 5.41) is 5.30. The van der Waals surface area contributed by atoms with E-state index in [0.717, 1.165) is 16.7 Å². The summed E-state index contributed by atoms with van der Waals surface area (Å²) >= 11 is 0. The smallest absolute Gasteiger partial charge is 0.325 e. The van der Waals surface area contributed by atoms with Crippen LogP contribution in [-0.2, 0) is 34.4 Å². The number of rotatable bonds is 8. The summed E-state index contributed by atoms with van der Waals surface area (Å²) in [6.45, 7) is 4.29. The summed E-state index contributed by atoms with van der Waals surface area (Å²) < 4.78 is 6.88. The maximum absolute atomic E-state index is 12.1. The van der Waals surface area contributed by atoms with Crippen LogP contribution in [0.25, 0.3) is 0 Å². The van der Waals surface area contributed by atoms with Gasteiger partial charge in [0.1, 0.15) is 18.8 Å². The summed E-state index contributed by atoms with van der Waals surface area (Å²) in [6, 6.07) is 9.04. The molecule has 7 nitrogen and oxygen atoms in total. The minimum absolute atomic E-state index is 0.0270. The molecule has 0 bridgehead atoms. The van der Waals surface area contributed by atoms with E-state index in [1.165, 1.54) is 0 Å². The Labute approximate surface area is 158 Å². The molecule has 0 aliphatic carbocycles. The van der Waals surface area contributed by atoms with Crippen molar-refractivity contribution in [3.63, 3.8) is 0 Å². The zero-order chi connectivity index (χ0) is 19.8. The lowest BCUT2D eigenvalue weighted by molar-refractivity contribution is -0.143. The number of aryl methyl sites for hydroxylation is 2. The molecule has 144 valence electrons. The van der Waals surface area contributed by atoms with Gasteiger partial charge in [-0.1, -0.05) is 24.3 Å². The minimum Gasteiger partial charge on any atom is -0.460 e. The molecule has 0 fully saturated rings. The van der Waals surface area contributed by atoms with Crippen LogP contribution in [0.4, 0.5) is 0 Å². The van der Waals surface area contributed by atoms with Crippen LogP contribution in [0.3, 0.4) is 0 Å². The Kier molecular flexibility index (Phi) is 7.16. The fourth-order valence-electron chi connectivity index (χ4n) is 2.61. The van der Waals surface area contributed by atoms with Crippen molar-refractivity contribution in [2.45, 2.75) is 26.9 Å². The molecule has 1 heterocycles. The Morgan fingerprint density at radius 2 is 1.74 bits per heavy atom. The van der Waals surface area contributed by atoms with Gasteiger partial charge in [-0.2, -0.15) is 0 Å². The van der Waals surface area contributed by atoms with Gasteiger partial charge in [0.2, 0.25) is 5.91 Å². The van der Waals surface area contributed by atoms with Crippen LogP contribution in [0, 0.1) is 6.92 Å². The van der Waals surface area contributed by atoms with Gasteiger partial charge in [0.05, 0.1) is 6.42 Å². The number of carbonyl (C=O) groups is 3. The Morgan fingerprint density at radius 3 is 2.33 bits per heavy atom. The van der Waals surface area contributed by atoms with E-state index in [1.54, 1.807) is 17.7 Å². The Bertz CT molecular complexity index is 809. The quantitative estimate of drug-likeness (QED) is 0.688. The molecule has 2 rings (SSSR count). The van der Waals surface area contributed by atoms with E-state index in [1.807, 2.05) is 44.3 Å². The second-order valence-electron chi connectivity index (χ2n) is 6.30. The molecular formula is C20H25N3O4. The van der Waals surface area contributed by atoms with Crippen LogP contribution in [0.1, 0.15) is 34.1 Å². The number of ether oxygens (including phenoxy) is 1. The van der Waals surface area contributed by atoms with Crippen molar-refractivity contribution in [1.82, 2.24) is 15.2 Å². The van der Waals surface area contributed by atoms with Crippen LogP contribution in [0.15, 0.2) is 36.5 Å². The van der Waals surface area contributed by atoms with Crippen molar-refractivity contribution >= 4 is 17.8 Å². The van der Waals surface area contributed by atoms with Crippen LogP contribution < -0.4 is 10.6 Å².